The van der Waals surface area contributed by atoms with E-state index in [-0.39, 0.29) is 89.6 Å². The van der Waals surface area contributed by atoms with Crippen LogP contribution < -0.4 is 10.6 Å². The molecule has 4 amide bonds. The van der Waals surface area contributed by atoms with Gasteiger partial charge in [0.05, 0.1) is 31.6 Å². The van der Waals surface area contributed by atoms with Crippen molar-refractivity contribution >= 4 is 94.3 Å². The number of fused-ring (bicyclic) bond motifs is 3. The molecule has 16 heteroatoms. The summed E-state index contributed by atoms with van der Waals surface area (Å²) in [4.78, 5) is 64.4. The second kappa shape index (κ2) is 22.1. The van der Waals surface area contributed by atoms with E-state index in [1.54, 1.807) is 4.90 Å². The lowest BCUT2D eigenvalue weighted by atomic mass is 9.96. The largest absolute Gasteiger partial charge is 0.453 e. The van der Waals surface area contributed by atoms with Crippen LogP contribution in [0.5, 0.6) is 0 Å². The van der Waals surface area contributed by atoms with Crippen molar-refractivity contribution in [3.05, 3.63) is 72.2 Å². The predicted molar refractivity (Wildman–Crippen MR) is 252 cm³/mol. The SMILES string of the molecule is COC(=O)N[C@H]1CCCCOCc2cc(-c3ccc4cc(-c5cnc([C@@H]6CCCN6C(=O)[C@@H](C)C(C)C)[nH]5)ccc4c3)ccc2NC(=O)[C@@H]2CCCN2C1=O.S.S.S.S. The van der Waals surface area contributed by atoms with Gasteiger partial charge in [0.1, 0.15) is 17.9 Å². The molecular weight excluding hydrogens is 825 g/mol. The van der Waals surface area contributed by atoms with E-state index in [0.717, 1.165) is 63.9 Å². The van der Waals surface area contributed by atoms with Crippen LogP contribution in [0.2, 0.25) is 0 Å². The van der Waals surface area contributed by atoms with Gasteiger partial charge < -0.3 is 34.9 Å². The molecule has 3 aliphatic heterocycles. The lowest BCUT2D eigenvalue weighted by molar-refractivity contribution is -0.138. The average Bonchev–Trinajstić information content (AvgIpc) is 3.99. The van der Waals surface area contributed by atoms with Gasteiger partial charge in [-0.3, -0.25) is 14.4 Å². The number of anilines is 1. The number of alkyl carbamates (subject to hydrolysis) is 1. The summed E-state index contributed by atoms with van der Waals surface area (Å²) in [5.41, 5.74) is 5.50. The highest BCUT2D eigenvalue weighted by Crippen LogP contribution is 2.35. The van der Waals surface area contributed by atoms with E-state index in [1.165, 1.54) is 7.11 Å². The number of imidazole rings is 1. The topological polar surface area (TPSA) is 146 Å². The summed E-state index contributed by atoms with van der Waals surface area (Å²) < 4.78 is 10.9. The standard InChI is InChI=1S/C43H52N6O6.4H2S/c1-26(2)27(3)41(51)48-18-7-10-37(48)39-44-24-36(45-39)32-15-14-29-21-28(12-13-30(29)22-32)31-16-17-34-33(23-31)25-55-20-6-5-9-35(47-43(53)54-4)42(52)49-19-8-11-38(49)40(50)46-34;;;;/h12-17,21-24,26-27,35,37-38H,5-11,18-20,25H2,1-4H3,(H,44,45)(H,46,50)(H,47,53);4*1H2/t27-,35-,37-,38-;;;;/m0..../s1. The van der Waals surface area contributed by atoms with Crippen molar-refractivity contribution in [3.8, 4) is 22.4 Å². The fraction of sp³-hybridized carbons (Fsp3) is 0.465. The van der Waals surface area contributed by atoms with Gasteiger partial charge in [-0.1, -0.05) is 51.1 Å². The molecule has 3 N–H and O–H groups in total. The number of aromatic amines is 1. The number of carbonyl (C=O) groups excluding carboxylic acids is 4. The predicted octanol–water partition coefficient (Wildman–Crippen LogP) is 7.66. The molecule has 0 unspecified atom stereocenters. The van der Waals surface area contributed by atoms with Gasteiger partial charge in [0.25, 0.3) is 0 Å². The van der Waals surface area contributed by atoms with Crippen molar-refractivity contribution in [1.82, 2.24) is 25.1 Å². The summed E-state index contributed by atoms with van der Waals surface area (Å²) in [5.74, 6) is 0.778. The highest BCUT2D eigenvalue weighted by molar-refractivity contribution is 7.59. The third-order valence-corrected chi connectivity index (χ3v) is 11.6. The van der Waals surface area contributed by atoms with Gasteiger partial charge in [-0.25, -0.2) is 9.78 Å². The van der Waals surface area contributed by atoms with Crippen LogP contribution in [0.4, 0.5) is 10.5 Å². The van der Waals surface area contributed by atoms with Crippen molar-refractivity contribution in [2.45, 2.75) is 90.4 Å². The quantitative estimate of drug-likeness (QED) is 0.180. The Labute approximate surface area is 375 Å². The van der Waals surface area contributed by atoms with Crippen LogP contribution in [0.1, 0.15) is 83.1 Å². The molecule has 0 saturated carbocycles. The molecule has 4 heterocycles. The summed E-state index contributed by atoms with van der Waals surface area (Å²) >= 11 is 0. The van der Waals surface area contributed by atoms with E-state index in [4.69, 9.17) is 14.5 Å². The molecule has 4 aromatic rings. The highest BCUT2D eigenvalue weighted by atomic mass is 32.1. The van der Waals surface area contributed by atoms with Crippen LogP contribution in [0.3, 0.4) is 0 Å². The molecule has 4 atom stereocenters. The molecule has 1 aromatic heterocycles. The second-order valence-corrected chi connectivity index (χ2v) is 15.5. The first-order chi connectivity index (χ1) is 26.6. The molecule has 2 saturated heterocycles. The lowest BCUT2D eigenvalue weighted by Crippen LogP contribution is -2.52. The van der Waals surface area contributed by atoms with Crippen molar-refractivity contribution in [1.29, 1.82) is 0 Å². The Balaban J connectivity index is 0.00000233. The molecule has 0 aliphatic carbocycles. The third-order valence-electron chi connectivity index (χ3n) is 11.6. The summed E-state index contributed by atoms with van der Waals surface area (Å²) in [7, 11) is 1.27. The van der Waals surface area contributed by atoms with E-state index in [1.807, 2.05) is 30.2 Å². The number of rotatable bonds is 6. The Morgan fingerprint density at radius 3 is 2.22 bits per heavy atom. The van der Waals surface area contributed by atoms with Crippen LogP contribution >= 0.6 is 54.0 Å². The Morgan fingerprint density at radius 1 is 0.831 bits per heavy atom. The number of methoxy groups -OCH3 is 1. The summed E-state index contributed by atoms with van der Waals surface area (Å²) in [5, 5.41) is 7.93. The number of likely N-dealkylation sites (tertiary alicyclic amines) is 1. The van der Waals surface area contributed by atoms with Crippen molar-refractivity contribution in [2.75, 3.05) is 32.1 Å². The van der Waals surface area contributed by atoms with Crippen LogP contribution in [-0.2, 0) is 30.5 Å². The van der Waals surface area contributed by atoms with E-state index < -0.39 is 18.2 Å². The van der Waals surface area contributed by atoms with Crippen LogP contribution in [-0.4, -0.2) is 82.5 Å². The van der Waals surface area contributed by atoms with E-state index in [2.05, 4.69) is 71.9 Å². The molecule has 12 nitrogen and oxygen atoms in total. The molecule has 0 radical (unpaired) electrons. The first-order valence-electron chi connectivity index (χ1n) is 19.7. The monoisotopic (exact) mass is 884 g/mol. The minimum Gasteiger partial charge on any atom is -0.453 e. The molecule has 2 fully saturated rings. The fourth-order valence-electron chi connectivity index (χ4n) is 8.03. The second-order valence-electron chi connectivity index (χ2n) is 15.5. The van der Waals surface area contributed by atoms with Gasteiger partial charge in [0.15, 0.2) is 0 Å². The molecular formula is C43H60N6O6S4. The summed E-state index contributed by atoms with van der Waals surface area (Å²) in [6.07, 6.45) is 6.13. The maximum Gasteiger partial charge on any atom is 0.407 e. The average molecular weight is 885 g/mol. The maximum atomic E-state index is 13.7. The minimum atomic E-state index is -0.769. The normalized spacial score (nSPS) is 20.1. The van der Waals surface area contributed by atoms with Gasteiger partial charge >= 0.3 is 6.09 Å². The summed E-state index contributed by atoms with van der Waals surface area (Å²) in [6.45, 7) is 8.20. The first-order valence-corrected chi connectivity index (χ1v) is 19.7. The number of amides is 4. The highest BCUT2D eigenvalue weighted by Gasteiger charge is 2.38. The summed E-state index contributed by atoms with van der Waals surface area (Å²) in [6, 6.07) is 17.3. The van der Waals surface area contributed by atoms with E-state index >= 15 is 0 Å². The zero-order chi connectivity index (χ0) is 38.6. The number of hydrogen-bond acceptors (Lipinski definition) is 7. The molecule has 0 spiro atoms. The van der Waals surface area contributed by atoms with Crippen molar-refractivity contribution in [3.63, 3.8) is 0 Å². The van der Waals surface area contributed by atoms with Gasteiger partial charge in [0.2, 0.25) is 17.7 Å². The molecule has 3 aromatic carbocycles. The molecule has 322 valence electrons. The van der Waals surface area contributed by atoms with E-state index in [9.17, 15) is 19.2 Å². The van der Waals surface area contributed by atoms with Crippen LogP contribution in [0.15, 0.2) is 60.8 Å². The Hall–Kier alpha value is -3.83. The fourth-order valence-corrected chi connectivity index (χ4v) is 8.03. The number of hydrogen-bond donors (Lipinski definition) is 3. The minimum absolute atomic E-state index is 0. The smallest absolute Gasteiger partial charge is 0.407 e. The molecule has 3 aliphatic rings. The Bertz CT molecular complexity index is 2080. The number of carbonyl (C=O) groups is 4. The van der Waals surface area contributed by atoms with Gasteiger partial charge in [0, 0.05) is 42.4 Å². The van der Waals surface area contributed by atoms with Gasteiger partial charge in [-0.2, -0.15) is 54.0 Å². The number of benzene rings is 3. The van der Waals surface area contributed by atoms with Crippen molar-refractivity contribution < 1.29 is 28.7 Å². The zero-order valence-corrected chi connectivity index (χ0v) is 38.2. The molecule has 59 heavy (non-hydrogen) atoms. The van der Waals surface area contributed by atoms with Crippen molar-refractivity contribution in [2.24, 2.45) is 11.8 Å². The zero-order valence-electron chi connectivity index (χ0n) is 34.2. The van der Waals surface area contributed by atoms with E-state index in [0.29, 0.717) is 57.6 Å². The Kier molecular flexibility index (Phi) is 18.6. The van der Waals surface area contributed by atoms with Crippen LogP contribution in [0.25, 0.3) is 33.2 Å². The Morgan fingerprint density at radius 2 is 1.49 bits per heavy atom. The third kappa shape index (κ3) is 11.1. The molecule has 7 rings (SSSR count). The first kappa shape index (κ1) is 49.5. The maximum absolute atomic E-state index is 13.7. The number of aromatic nitrogens is 2. The number of H-pyrrole nitrogens is 1. The van der Waals surface area contributed by atoms with Gasteiger partial charge in [-0.15, -0.1) is 0 Å². The molecule has 0 bridgehead atoms. The number of ether oxygens (including phenoxy) is 2. The van der Waals surface area contributed by atoms with Crippen LogP contribution in [0, 0.1) is 11.8 Å². The lowest BCUT2D eigenvalue weighted by Gasteiger charge is -2.29. The van der Waals surface area contributed by atoms with Gasteiger partial charge in [-0.05, 0) is 97.0 Å². The number of nitrogens with one attached hydrogen (secondary N) is 3. The number of nitrogens with zero attached hydrogens (tertiary/aromatic N) is 3.